The normalized spacial score (nSPS) is 18.5. The predicted octanol–water partition coefficient (Wildman–Crippen LogP) is 2.40. The molecule has 1 unspecified atom stereocenters. The van der Waals surface area contributed by atoms with Gasteiger partial charge < -0.3 is 10.0 Å². The number of rotatable bonds is 4. The molecule has 4 heteroatoms. The maximum Gasteiger partial charge on any atom is 0.0983 e. The Balaban J connectivity index is 4.60. The van der Waals surface area contributed by atoms with E-state index in [1.165, 1.54) is 0 Å². The maximum absolute atomic E-state index is 9.78. The quantitative estimate of drug-likeness (QED) is 0.795. The molecule has 0 saturated carbocycles. The molecule has 0 aliphatic heterocycles. The van der Waals surface area contributed by atoms with Gasteiger partial charge in [-0.3, -0.25) is 0 Å². The molecule has 78 valence electrons. The molecule has 0 radical (unpaired) electrons. The van der Waals surface area contributed by atoms with Gasteiger partial charge in [-0.25, -0.2) is 0 Å². The van der Waals surface area contributed by atoms with E-state index in [9.17, 15) is 5.11 Å². The lowest BCUT2D eigenvalue weighted by Gasteiger charge is -2.22. The van der Waals surface area contributed by atoms with E-state index in [1.54, 1.807) is 6.92 Å². The molecule has 13 heavy (non-hydrogen) atoms. The second-order valence-corrected chi connectivity index (χ2v) is 4.42. The highest BCUT2D eigenvalue weighted by molar-refractivity contribution is 6.39. The van der Waals surface area contributed by atoms with Crippen molar-refractivity contribution in [3.63, 3.8) is 0 Å². The van der Waals surface area contributed by atoms with Crippen molar-refractivity contribution in [2.75, 3.05) is 20.6 Å². The van der Waals surface area contributed by atoms with Crippen molar-refractivity contribution < 1.29 is 5.11 Å². The second-order valence-electron chi connectivity index (χ2n) is 3.58. The van der Waals surface area contributed by atoms with Gasteiger partial charge in [0, 0.05) is 11.6 Å². The summed E-state index contributed by atoms with van der Waals surface area (Å²) < 4.78 is 0. The standard InChI is InChI=1S/C9H17Cl2NO/c1-5-9(2,13)8(11)7(10)6-12(3)4/h13H,5-6H2,1-4H3/b8-7+. The number of likely N-dealkylation sites (N-methyl/N-ethyl adjacent to an activating group) is 1. The number of hydrogen-bond acceptors (Lipinski definition) is 2. The van der Waals surface area contributed by atoms with Gasteiger partial charge in [0.1, 0.15) is 0 Å². The van der Waals surface area contributed by atoms with Gasteiger partial charge in [-0.1, -0.05) is 30.1 Å². The third-order valence-electron chi connectivity index (χ3n) is 1.85. The van der Waals surface area contributed by atoms with Crippen LogP contribution in [0.3, 0.4) is 0 Å². The Morgan fingerprint density at radius 1 is 1.38 bits per heavy atom. The molecule has 0 fully saturated rings. The molecule has 1 atom stereocenters. The van der Waals surface area contributed by atoms with Crippen molar-refractivity contribution in [3.05, 3.63) is 10.1 Å². The molecule has 0 spiro atoms. The van der Waals surface area contributed by atoms with Gasteiger partial charge in [0.15, 0.2) is 0 Å². The van der Waals surface area contributed by atoms with Crippen LogP contribution in [0.25, 0.3) is 0 Å². The SMILES string of the molecule is CCC(C)(O)/C(Cl)=C(\Cl)CN(C)C. The lowest BCUT2D eigenvalue weighted by molar-refractivity contribution is 0.102. The monoisotopic (exact) mass is 225 g/mol. The third-order valence-corrected chi connectivity index (χ3v) is 2.89. The molecule has 2 nitrogen and oxygen atoms in total. The molecule has 0 aromatic heterocycles. The lowest BCUT2D eigenvalue weighted by Crippen LogP contribution is -2.25. The molecule has 0 aromatic carbocycles. The van der Waals surface area contributed by atoms with E-state index in [0.717, 1.165) is 0 Å². The van der Waals surface area contributed by atoms with Crippen LogP contribution in [0.2, 0.25) is 0 Å². The summed E-state index contributed by atoms with van der Waals surface area (Å²) in [6, 6.07) is 0. The Hall–Kier alpha value is 0.240. The highest BCUT2D eigenvalue weighted by Gasteiger charge is 2.24. The zero-order chi connectivity index (χ0) is 10.6. The van der Waals surface area contributed by atoms with E-state index in [0.29, 0.717) is 23.0 Å². The first-order valence-corrected chi connectivity index (χ1v) is 4.98. The maximum atomic E-state index is 9.78. The fraction of sp³-hybridized carbons (Fsp3) is 0.778. The van der Waals surface area contributed by atoms with Gasteiger partial charge in [0.25, 0.3) is 0 Å². The van der Waals surface area contributed by atoms with Gasteiger partial charge in [-0.2, -0.15) is 0 Å². The summed E-state index contributed by atoms with van der Waals surface area (Å²) in [5.41, 5.74) is -1.01. The zero-order valence-corrected chi connectivity index (χ0v) is 10.1. The van der Waals surface area contributed by atoms with Gasteiger partial charge in [0.05, 0.1) is 10.6 Å². The first-order chi connectivity index (χ1) is 5.81. The minimum Gasteiger partial charge on any atom is -0.385 e. The molecule has 0 aliphatic rings. The Kier molecular flexibility index (Phi) is 5.30. The summed E-state index contributed by atoms with van der Waals surface area (Å²) in [5, 5.41) is 10.6. The molecule has 0 amide bonds. The van der Waals surface area contributed by atoms with Crippen molar-refractivity contribution in [3.8, 4) is 0 Å². The van der Waals surface area contributed by atoms with Crippen LogP contribution in [0.5, 0.6) is 0 Å². The summed E-state index contributed by atoms with van der Waals surface area (Å²) >= 11 is 11.9. The van der Waals surface area contributed by atoms with Crippen LogP contribution in [0, 0.1) is 0 Å². The smallest absolute Gasteiger partial charge is 0.0983 e. The molecule has 0 saturated heterocycles. The van der Waals surface area contributed by atoms with E-state index < -0.39 is 5.60 Å². The first-order valence-electron chi connectivity index (χ1n) is 4.23. The Bertz CT molecular complexity index is 200. The highest BCUT2D eigenvalue weighted by atomic mass is 35.5. The largest absolute Gasteiger partial charge is 0.385 e. The number of halogens is 2. The van der Waals surface area contributed by atoms with Gasteiger partial charge >= 0.3 is 0 Å². The van der Waals surface area contributed by atoms with Crippen molar-refractivity contribution >= 4 is 23.2 Å². The predicted molar refractivity (Wildman–Crippen MR) is 58.2 cm³/mol. The van der Waals surface area contributed by atoms with Crippen LogP contribution in [-0.2, 0) is 0 Å². The van der Waals surface area contributed by atoms with Crippen LogP contribution in [0.15, 0.2) is 10.1 Å². The summed E-state index contributed by atoms with van der Waals surface area (Å²) in [6.45, 7) is 4.08. The van der Waals surface area contributed by atoms with E-state index in [1.807, 2.05) is 25.9 Å². The number of aliphatic hydroxyl groups is 1. The van der Waals surface area contributed by atoms with Gasteiger partial charge in [0.2, 0.25) is 0 Å². The van der Waals surface area contributed by atoms with Crippen LogP contribution >= 0.6 is 23.2 Å². The van der Waals surface area contributed by atoms with Gasteiger partial charge in [-0.15, -0.1) is 0 Å². The molecule has 1 N–H and O–H groups in total. The van der Waals surface area contributed by atoms with Crippen LogP contribution < -0.4 is 0 Å². The van der Waals surface area contributed by atoms with E-state index >= 15 is 0 Å². The zero-order valence-electron chi connectivity index (χ0n) is 8.56. The summed E-state index contributed by atoms with van der Waals surface area (Å²) in [7, 11) is 3.79. The Labute approximate surface area is 90.1 Å². The molecular weight excluding hydrogens is 209 g/mol. The van der Waals surface area contributed by atoms with E-state index in [4.69, 9.17) is 23.2 Å². The van der Waals surface area contributed by atoms with Gasteiger partial charge in [-0.05, 0) is 27.4 Å². The summed E-state index contributed by atoms with van der Waals surface area (Å²) in [6.07, 6.45) is 0.551. The molecule has 0 bridgehead atoms. The van der Waals surface area contributed by atoms with E-state index in [2.05, 4.69) is 0 Å². The van der Waals surface area contributed by atoms with Crippen LogP contribution in [0.1, 0.15) is 20.3 Å². The molecule has 0 aliphatic carbocycles. The minimum absolute atomic E-state index is 0.338. The molecule has 0 rings (SSSR count). The topological polar surface area (TPSA) is 23.5 Å². The average molecular weight is 226 g/mol. The fourth-order valence-corrected chi connectivity index (χ4v) is 1.43. The lowest BCUT2D eigenvalue weighted by atomic mass is 10.0. The summed E-state index contributed by atoms with van der Waals surface area (Å²) in [5.74, 6) is 0. The highest BCUT2D eigenvalue weighted by Crippen LogP contribution is 2.28. The fourth-order valence-electron chi connectivity index (χ4n) is 0.794. The van der Waals surface area contributed by atoms with Crippen molar-refractivity contribution in [1.29, 1.82) is 0 Å². The van der Waals surface area contributed by atoms with Crippen molar-refractivity contribution in [2.24, 2.45) is 0 Å². The Morgan fingerprint density at radius 3 is 2.15 bits per heavy atom. The number of nitrogens with zero attached hydrogens (tertiary/aromatic N) is 1. The first kappa shape index (κ1) is 13.2. The van der Waals surface area contributed by atoms with Crippen molar-refractivity contribution in [2.45, 2.75) is 25.9 Å². The molecule has 0 aromatic rings. The second kappa shape index (κ2) is 5.20. The third kappa shape index (κ3) is 4.32. The summed E-state index contributed by atoms with van der Waals surface area (Å²) in [4.78, 5) is 1.90. The van der Waals surface area contributed by atoms with E-state index in [-0.39, 0.29) is 0 Å². The average Bonchev–Trinajstić information content (AvgIpc) is 2.01. The van der Waals surface area contributed by atoms with Crippen LogP contribution in [0.4, 0.5) is 0 Å². The Morgan fingerprint density at radius 2 is 1.85 bits per heavy atom. The van der Waals surface area contributed by atoms with Crippen LogP contribution in [-0.4, -0.2) is 36.2 Å². The van der Waals surface area contributed by atoms with Crippen molar-refractivity contribution in [1.82, 2.24) is 4.90 Å². The minimum atomic E-state index is -1.01. The molecular formula is C9H17Cl2NO. The molecule has 0 heterocycles. The number of hydrogen-bond donors (Lipinski definition) is 1.